The zero-order valence-electron chi connectivity index (χ0n) is 11.9. The number of thiocyanates is 1. The Hall–Kier alpha value is -1.23. The van der Waals surface area contributed by atoms with Gasteiger partial charge in [0.25, 0.3) is 0 Å². The van der Waals surface area contributed by atoms with Gasteiger partial charge in [0, 0.05) is 4.90 Å². The van der Waals surface area contributed by atoms with Crippen molar-refractivity contribution in [1.29, 1.82) is 5.26 Å². The summed E-state index contributed by atoms with van der Waals surface area (Å²) in [5, 5.41) is 15.8. The van der Waals surface area contributed by atoms with E-state index in [9.17, 15) is 8.42 Å². The van der Waals surface area contributed by atoms with E-state index in [0.717, 1.165) is 27.8 Å². The molecule has 110 valence electrons. The van der Waals surface area contributed by atoms with Gasteiger partial charge in [-0.1, -0.05) is 27.7 Å². The molecule has 0 heterocycles. The first-order chi connectivity index (χ1) is 9.15. The van der Waals surface area contributed by atoms with Crippen LogP contribution in [0.2, 0.25) is 0 Å². The summed E-state index contributed by atoms with van der Waals surface area (Å²) in [5.41, 5.74) is 1.45. The number of nitrogens with two attached hydrogens (primary N) is 1. The Kier molecular flexibility index (Phi) is 5.45. The van der Waals surface area contributed by atoms with Crippen molar-refractivity contribution in [3.8, 4) is 11.2 Å². The Balaban J connectivity index is 3.55. The summed E-state index contributed by atoms with van der Waals surface area (Å²) in [7, 11) is -4.09. The second-order valence-corrected chi connectivity index (χ2v) is 7.02. The Labute approximate surface area is 124 Å². The van der Waals surface area contributed by atoms with E-state index in [0.29, 0.717) is 0 Å². The van der Waals surface area contributed by atoms with E-state index in [1.165, 1.54) is 0 Å². The normalized spacial score (nSPS) is 11.7. The fraction of sp³-hybridized carbons (Fsp3) is 0.462. The molecule has 0 amide bonds. The summed E-state index contributed by atoms with van der Waals surface area (Å²) in [6, 6.07) is 3.54. The van der Waals surface area contributed by atoms with Gasteiger partial charge in [0.2, 0.25) is 0 Å². The molecular formula is C13H18N2O3S2. The van der Waals surface area contributed by atoms with Crippen molar-refractivity contribution in [3.63, 3.8) is 0 Å². The number of benzene rings is 1. The molecule has 7 heteroatoms. The molecule has 1 rings (SSSR count). The fourth-order valence-electron chi connectivity index (χ4n) is 1.83. The summed E-state index contributed by atoms with van der Waals surface area (Å²) in [6.45, 7) is 7.71. The highest BCUT2D eigenvalue weighted by molar-refractivity contribution is 8.03. The average molecular weight is 314 g/mol. The minimum atomic E-state index is -4.09. The summed E-state index contributed by atoms with van der Waals surface area (Å²) in [6.07, 6.45) is 0. The molecule has 0 radical (unpaired) electrons. The lowest BCUT2D eigenvalue weighted by atomic mass is 9.94. The predicted molar refractivity (Wildman–Crippen MR) is 79.8 cm³/mol. The van der Waals surface area contributed by atoms with Gasteiger partial charge in [0.05, 0.1) is 0 Å². The molecule has 0 aliphatic heterocycles. The van der Waals surface area contributed by atoms with Crippen LogP contribution in [0.3, 0.4) is 0 Å². The van der Waals surface area contributed by atoms with Gasteiger partial charge in [-0.3, -0.25) is 0 Å². The van der Waals surface area contributed by atoms with Crippen LogP contribution < -0.4 is 9.32 Å². The third kappa shape index (κ3) is 4.40. The van der Waals surface area contributed by atoms with Crippen LogP contribution >= 0.6 is 11.8 Å². The zero-order chi connectivity index (χ0) is 15.5. The molecule has 0 unspecified atom stereocenters. The van der Waals surface area contributed by atoms with E-state index in [-0.39, 0.29) is 17.6 Å². The predicted octanol–water partition coefficient (Wildman–Crippen LogP) is 3.09. The highest BCUT2D eigenvalue weighted by Crippen LogP contribution is 2.38. The van der Waals surface area contributed by atoms with Crippen molar-refractivity contribution in [3.05, 3.63) is 23.3 Å². The first-order valence-corrected chi connectivity index (χ1v) is 8.40. The summed E-state index contributed by atoms with van der Waals surface area (Å²) >= 11 is 1.03. The molecule has 0 spiro atoms. The van der Waals surface area contributed by atoms with Gasteiger partial charge in [0.15, 0.2) is 5.75 Å². The molecule has 5 nitrogen and oxygen atoms in total. The third-order valence-electron chi connectivity index (χ3n) is 2.73. The Morgan fingerprint density at radius 1 is 1.20 bits per heavy atom. The Morgan fingerprint density at radius 2 is 1.65 bits per heavy atom. The third-order valence-corrected chi connectivity index (χ3v) is 3.69. The molecule has 0 saturated heterocycles. The quantitative estimate of drug-likeness (QED) is 0.666. The molecule has 0 atom stereocenters. The lowest BCUT2D eigenvalue weighted by Gasteiger charge is -2.19. The van der Waals surface area contributed by atoms with Gasteiger partial charge in [-0.2, -0.15) is 18.8 Å². The molecule has 0 aliphatic carbocycles. The van der Waals surface area contributed by atoms with Crippen molar-refractivity contribution in [2.45, 2.75) is 44.4 Å². The Morgan fingerprint density at radius 3 is 1.95 bits per heavy atom. The zero-order valence-corrected chi connectivity index (χ0v) is 13.5. The highest BCUT2D eigenvalue weighted by atomic mass is 32.2. The minimum Gasteiger partial charge on any atom is -0.370 e. The van der Waals surface area contributed by atoms with E-state index in [1.807, 2.05) is 33.1 Å². The van der Waals surface area contributed by atoms with Crippen LogP contribution in [0, 0.1) is 10.7 Å². The summed E-state index contributed by atoms with van der Waals surface area (Å²) in [5.74, 6) is 0.367. The van der Waals surface area contributed by atoms with Crippen LogP contribution in [0.1, 0.15) is 50.7 Å². The first kappa shape index (κ1) is 16.8. The van der Waals surface area contributed by atoms with Gasteiger partial charge in [-0.25, -0.2) is 0 Å². The second-order valence-electron chi connectivity index (χ2n) is 5.01. The van der Waals surface area contributed by atoms with Crippen molar-refractivity contribution >= 4 is 22.1 Å². The van der Waals surface area contributed by atoms with Gasteiger partial charge < -0.3 is 4.18 Å². The van der Waals surface area contributed by atoms with Crippen LogP contribution in [0.15, 0.2) is 17.0 Å². The SMILES string of the molecule is CC(C)c1cc(SC#N)cc(C(C)C)c1OS(N)(=O)=O. The molecule has 0 saturated carbocycles. The maximum atomic E-state index is 11.3. The largest absolute Gasteiger partial charge is 0.380 e. The monoisotopic (exact) mass is 314 g/mol. The standard InChI is InChI=1S/C13H18N2O3S2/c1-8(2)11-5-10(19-7-14)6-12(9(3)4)13(11)18-20(15,16)17/h5-6,8-9H,1-4H3,(H2,15,16,17). The Bertz CT molecular complexity index is 603. The summed E-state index contributed by atoms with van der Waals surface area (Å²) in [4.78, 5) is 0.765. The van der Waals surface area contributed by atoms with E-state index >= 15 is 0 Å². The highest BCUT2D eigenvalue weighted by Gasteiger charge is 2.21. The molecule has 1 aromatic rings. The maximum absolute atomic E-state index is 11.3. The van der Waals surface area contributed by atoms with Crippen molar-refractivity contribution in [1.82, 2.24) is 0 Å². The van der Waals surface area contributed by atoms with Gasteiger partial charge in [-0.15, -0.1) is 0 Å². The average Bonchev–Trinajstić information content (AvgIpc) is 2.28. The molecule has 0 fully saturated rings. The van der Waals surface area contributed by atoms with Crippen LogP contribution in [0.5, 0.6) is 5.75 Å². The van der Waals surface area contributed by atoms with Crippen LogP contribution in [-0.2, 0) is 10.3 Å². The molecule has 0 bridgehead atoms. The van der Waals surface area contributed by atoms with Crippen LogP contribution in [0.4, 0.5) is 0 Å². The lowest BCUT2D eigenvalue weighted by Crippen LogP contribution is -2.21. The van der Waals surface area contributed by atoms with E-state index in [2.05, 4.69) is 0 Å². The van der Waals surface area contributed by atoms with Gasteiger partial charge in [-0.05, 0) is 46.9 Å². The van der Waals surface area contributed by atoms with Crippen molar-refractivity contribution in [2.24, 2.45) is 5.14 Å². The number of rotatable bonds is 5. The van der Waals surface area contributed by atoms with Crippen molar-refractivity contribution < 1.29 is 12.6 Å². The number of hydrogen-bond donors (Lipinski definition) is 1. The van der Waals surface area contributed by atoms with Crippen LogP contribution in [-0.4, -0.2) is 8.42 Å². The van der Waals surface area contributed by atoms with E-state index in [1.54, 1.807) is 12.1 Å². The van der Waals surface area contributed by atoms with E-state index < -0.39 is 10.3 Å². The molecule has 1 aromatic carbocycles. The number of nitrogens with zero attached hydrogens (tertiary/aromatic N) is 1. The lowest BCUT2D eigenvalue weighted by molar-refractivity contribution is 0.477. The van der Waals surface area contributed by atoms with Crippen molar-refractivity contribution in [2.75, 3.05) is 0 Å². The maximum Gasteiger partial charge on any atom is 0.380 e. The van der Waals surface area contributed by atoms with Gasteiger partial charge >= 0.3 is 10.3 Å². The van der Waals surface area contributed by atoms with Gasteiger partial charge in [0.1, 0.15) is 5.40 Å². The van der Waals surface area contributed by atoms with Crippen LogP contribution in [0.25, 0.3) is 0 Å². The molecule has 20 heavy (non-hydrogen) atoms. The summed E-state index contributed by atoms with van der Waals surface area (Å²) < 4.78 is 27.5. The molecule has 0 aromatic heterocycles. The molecular weight excluding hydrogens is 296 g/mol. The van der Waals surface area contributed by atoms with E-state index in [4.69, 9.17) is 14.6 Å². The fourth-order valence-corrected chi connectivity index (χ4v) is 2.73. The first-order valence-electron chi connectivity index (χ1n) is 6.11. The second kappa shape index (κ2) is 6.48. The number of thioether (sulfide) groups is 1. The minimum absolute atomic E-state index is 0.0449. The number of nitriles is 1. The molecule has 0 aliphatic rings. The number of hydrogen-bond acceptors (Lipinski definition) is 5. The molecule has 2 N–H and O–H groups in total. The smallest absolute Gasteiger partial charge is 0.370 e. The topological polar surface area (TPSA) is 93.2 Å².